The highest BCUT2D eigenvalue weighted by Gasteiger charge is 2.23. The highest BCUT2D eigenvalue weighted by atomic mass is 16.2. The van der Waals surface area contributed by atoms with Gasteiger partial charge >= 0.3 is 6.03 Å². The molecule has 1 heterocycles. The molecule has 0 bridgehead atoms. The standard InChI is InChI=1S/C13H25N3O2/c1-9(2)14-12(17)11(4)15-13(18)16-7-5-10(3)6-8-16/h9-11H,5-8H2,1-4H3,(H,14,17)(H,15,18). The zero-order chi connectivity index (χ0) is 13.7. The van der Waals surface area contributed by atoms with Crippen LogP contribution in [0.2, 0.25) is 0 Å². The molecule has 1 saturated heterocycles. The number of nitrogens with one attached hydrogen (secondary N) is 2. The van der Waals surface area contributed by atoms with Crippen LogP contribution in [0.1, 0.15) is 40.5 Å². The normalized spacial score (nSPS) is 18.6. The van der Waals surface area contributed by atoms with Crippen LogP contribution in [0.3, 0.4) is 0 Å². The second-order valence-electron chi connectivity index (χ2n) is 5.50. The van der Waals surface area contributed by atoms with Crippen LogP contribution in [-0.2, 0) is 4.79 Å². The van der Waals surface area contributed by atoms with Gasteiger partial charge in [-0.1, -0.05) is 6.92 Å². The van der Waals surface area contributed by atoms with Gasteiger partial charge in [-0.05, 0) is 39.5 Å². The Morgan fingerprint density at radius 2 is 1.67 bits per heavy atom. The zero-order valence-corrected chi connectivity index (χ0v) is 11.8. The Hall–Kier alpha value is -1.26. The fraction of sp³-hybridized carbons (Fsp3) is 0.846. The molecule has 0 spiro atoms. The number of likely N-dealkylation sites (tertiary alicyclic amines) is 1. The van der Waals surface area contributed by atoms with Crippen LogP contribution in [-0.4, -0.2) is 42.0 Å². The van der Waals surface area contributed by atoms with Crippen LogP contribution in [0.5, 0.6) is 0 Å². The molecule has 1 atom stereocenters. The molecule has 1 rings (SSSR count). The van der Waals surface area contributed by atoms with Gasteiger partial charge in [-0.2, -0.15) is 0 Å². The zero-order valence-electron chi connectivity index (χ0n) is 11.8. The van der Waals surface area contributed by atoms with Gasteiger partial charge in [0.25, 0.3) is 0 Å². The largest absolute Gasteiger partial charge is 0.352 e. The van der Waals surface area contributed by atoms with Gasteiger partial charge < -0.3 is 15.5 Å². The summed E-state index contributed by atoms with van der Waals surface area (Å²) in [5.41, 5.74) is 0. The fourth-order valence-corrected chi connectivity index (χ4v) is 1.96. The average Bonchev–Trinajstić information content (AvgIpc) is 2.28. The smallest absolute Gasteiger partial charge is 0.318 e. The van der Waals surface area contributed by atoms with Crippen LogP contribution in [0.4, 0.5) is 4.79 Å². The number of piperidine rings is 1. The van der Waals surface area contributed by atoms with Gasteiger partial charge in [-0.3, -0.25) is 4.79 Å². The lowest BCUT2D eigenvalue weighted by Crippen LogP contribution is -2.52. The van der Waals surface area contributed by atoms with Crippen molar-refractivity contribution >= 4 is 11.9 Å². The molecule has 0 aromatic carbocycles. The van der Waals surface area contributed by atoms with Crippen molar-refractivity contribution in [3.05, 3.63) is 0 Å². The van der Waals surface area contributed by atoms with E-state index in [-0.39, 0.29) is 18.0 Å². The van der Waals surface area contributed by atoms with E-state index in [1.807, 2.05) is 13.8 Å². The molecule has 0 aliphatic carbocycles. The molecule has 1 aliphatic heterocycles. The van der Waals surface area contributed by atoms with Crippen molar-refractivity contribution in [1.29, 1.82) is 0 Å². The number of carbonyl (C=O) groups is 2. The number of hydrogen-bond donors (Lipinski definition) is 2. The van der Waals surface area contributed by atoms with Gasteiger partial charge in [0, 0.05) is 19.1 Å². The maximum Gasteiger partial charge on any atom is 0.318 e. The predicted molar refractivity (Wildman–Crippen MR) is 71.2 cm³/mol. The van der Waals surface area contributed by atoms with E-state index in [1.54, 1.807) is 11.8 Å². The van der Waals surface area contributed by atoms with E-state index >= 15 is 0 Å². The van der Waals surface area contributed by atoms with Crippen molar-refractivity contribution in [1.82, 2.24) is 15.5 Å². The molecule has 0 saturated carbocycles. The Balaban J connectivity index is 2.37. The number of carbonyl (C=O) groups excluding carboxylic acids is 2. The predicted octanol–water partition coefficient (Wildman–Crippen LogP) is 1.34. The van der Waals surface area contributed by atoms with Crippen molar-refractivity contribution in [3.63, 3.8) is 0 Å². The second kappa shape index (κ2) is 6.61. The lowest BCUT2D eigenvalue weighted by molar-refractivity contribution is -0.123. The van der Waals surface area contributed by atoms with Gasteiger partial charge in [0.1, 0.15) is 6.04 Å². The molecule has 5 heteroatoms. The van der Waals surface area contributed by atoms with Crippen molar-refractivity contribution in [2.75, 3.05) is 13.1 Å². The first kappa shape index (κ1) is 14.8. The average molecular weight is 255 g/mol. The minimum atomic E-state index is -0.487. The van der Waals surface area contributed by atoms with E-state index in [2.05, 4.69) is 17.6 Å². The number of amides is 3. The van der Waals surface area contributed by atoms with E-state index < -0.39 is 6.04 Å². The molecular weight excluding hydrogens is 230 g/mol. The third kappa shape index (κ3) is 4.55. The third-order valence-corrected chi connectivity index (χ3v) is 3.24. The molecule has 3 amide bonds. The minimum absolute atomic E-state index is 0.0905. The molecule has 104 valence electrons. The SMILES string of the molecule is CC1CCN(C(=O)NC(C)C(=O)NC(C)C)CC1. The lowest BCUT2D eigenvalue weighted by Gasteiger charge is -2.31. The third-order valence-electron chi connectivity index (χ3n) is 3.24. The number of nitrogens with zero attached hydrogens (tertiary/aromatic N) is 1. The summed E-state index contributed by atoms with van der Waals surface area (Å²) in [4.78, 5) is 25.4. The van der Waals surface area contributed by atoms with Crippen LogP contribution in [0.15, 0.2) is 0 Å². The molecule has 18 heavy (non-hydrogen) atoms. The quantitative estimate of drug-likeness (QED) is 0.799. The van der Waals surface area contributed by atoms with Gasteiger partial charge in [0.15, 0.2) is 0 Å². The molecule has 1 unspecified atom stereocenters. The van der Waals surface area contributed by atoms with Crippen LogP contribution >= 0.6 is 0 Å². The molecule has 1 aliphatic rings. The number of rotatable bonds is 3. The van der Waals surface area contributed by atoms with Crippen molar-refractivity contribution in [3.8, 4) is 0 Å². The summed E-state index contributed by atoms with van der Waals surface area (Å²) >= 11 is 0. The van der Waals surface area contributed by atoms with E-state index in [0.29, 0.717) is 5.92 Å². The second-order valence-corrected chi connectivity index (χ2v) is 5.50. The van der Waals surface area contributed by atoms with Crippen molar-refractivity contribution in [2.24, 2.45) is 5.92 Å². The first-order chi connectivity index (χ1) is 8.40. The Bertz CT molecular complexity index is 297. The van der Waals surface area contributed by atoms with E-state index in [9.17, 15) is 9.59 Å². The Morgan fingerprint density at radius 3 is 2.17 bits per heavy atom. The summed E-state index contributed by atoms with van der Waals surface area (Å²) in [6.07, 6.45) is 2.08. The number of hydrogen-bond acceptors (Lipinski definition) is 2. The summed E-state index contributed by atoms with van der Waals surface area (Å²) in [6, 6.07) is -0.528. The van der Waals surface area contributed by atoms with Crippen molar-refractivity contribution in [2.45, 2.75) is 52.6 Å². The first-order valence-corrected chi connectivity index (χ1v) is 6.76. The van der Waals surface area contributed by atoms with Crippen LogP contribution in [0.25, 0.3) is 0 Å². The molecule has 0 radical (unpaired) electrons. The maximum atomic E-state index is 11.9. The number of urea groups is 1. The highest BCUT2D eigenvalue weighted by Crippen LogP contribution is 2.15. The van der Waals surface area contributed by atoms with Crippen molar-refractivity contribution < 1.29 is 9.59 Å². The summed E-state index contributed by atoms with van der Waals surface area (Å²) in [7, 11) is 0. The van der Waals surface area contributed by atoms with Gasteiger partial charge in [0.2, 0.25) is 5.91 Å². The highest BCUT2D eigenvalue weighted by molar-refractivity contribution is 5.86. The molecule has 2 N–H and O–H groups in total. The molecular formula is C13H25N3O2. The van der Waals surface area contributed by atoms with E-state index in [1.165, 1.54) is 0 Å². The molecule has 0 aromatic rings. The summed E-state index contributed by atoms with van der Waals surface area (Å²) in [5.74, 6) is 0.555. The molecule has 0 aromatic heterocycles. The fourth-order valence-electron chi connectivity index (χ4n) is 1.96. The van der Waals surface area contributed by atoms with Crippen LogP contribution in [0, 0.1) is 5.92 Å². The summed E-state index contributed by atoms with van der Waals surface area (Å²) in [5, 5.41) is 5.53. The lowest BCUT2D eigenvalue weighted by atomic mass is 10.00. The van der Waals surface area contributed by atoms with Crippen LogP contribution < -0.4 is 10.6 Å². The van der Waals surface area contributed by atoms with Gasteiger partial charge in [-0.25, -0.2) is 4.79 Å². The Labute approximate surface area is 109 Å². The van der Waals surface area contributed by atoms with E-state index in [0.717, 1.165) is 25.9 Å². The summed E-state index contributed by atoms with van der Waals surface area (Å²) < 4.78 is 0. The minimum Gasteiger partial charge on any atom is -0.352 e. The first-order valence-electron chi connectivity index (χ1n) is 6.76. The Morgan fingerprint density at radius 1 is 1.11 bits per heavy atom. The monoisotopic (exact) mass is 255 g/mol. The van der Waals surface area contributed by atoms with E-state index in [4.69, 9.17) is 0 Å². The topological polar surface area (TPSA) is 61.4 Å². The maximum absolute atomic E-state index is 11.9. The van der Waals surface area contributed by atoms with Gasteiger partial charge in [-0.15, -0.1) is 0 Å². The summed E-state index contributed by atoms with van der Waals surface area (Å²) in [6.45, 7) is 9.28. The van der Waals surface area contributed by atoms with Gasteiger partial charge in [0.05, 0.1) is 0 Å². The molecule has 5 nitrogen and oxygen atoms in total. The molecule has 1 fully saturated rings. The Kier molecular flexibility index (Phi) is 5.44.